The van der Waals surface area contributed by atoms with Crippen molar-refractivity contribution in [3.63, 3.8) is 0 Å². The Morgan fingerprint density at radius 3 is 2.44 bits per heavy atom. The number of aliphatic hydroxyl groups excluding tert-OH is 1. The average molecular weight is 309 g/mol. The Labute approximate surface area is 114 Å². The number of aryl methyl sites for hydroxylation is 2. The van der Waals surface area contributed by atoms with Crippen LogP contribution >= 0.6 is 15.9 Å². The molecular weight excluding hydrogens is 295 g/mol. The van der Waals surface area contributed by atoms with Gasteiger partial charge in [-0.3, -0.25) is 0 Å². The molecule has 0 amide bonds. The lowest BCUT2D eigenvalue weighted by Crippen LogP contribution is -2.05. The number of aliphatic hydroxyl groups is 1. The van der Waals surface area contributed by atoms with E-state index < -0.39 is 11.9 Å². The van der Waals surface area contributed by atoms with Crippen LogP contribution in [0.2, 0.25) is 0 Å². The number of benzene rings is 2. The van der Waals surface area contributed by atoms with Gasteiger partial charge in [-0.05, 0) is 37.1 Å². The fraction of sp³-hybridized carbons (Fsp3) is 0.200. The molecule has 2 rings (SSSR count). The molecule has 1 unspecified atom stereocenters. The van der Waals surface area contributed by atoms with E-state index in [1.165, 1.54) is 6.07 Å². The third-order valence-electron chi connectivity index (χ3n) is 2.99. The van der Waals surface area contributed by atoms with Crippen molar-refractivity contribution in [2.24, 2.45) is 0 Å². The third kappa shape index (κ3) is 2.62. The van der Waals surface area contributed by atoms with Crippen LogP contribution in [-0.4, -0.2) is 5.11 Å². The van der Waals surface area contributed by atoms with Crippen LogP contribution in [0.15, 0.2) is 40.9 Å². The van der Waals surface area contributed by atoms with Crippen molar-refractivity contribution in [2.45, 2.75) is 20.0 Å². The van der Waals surface area contributed by atoms with E-state index in [1.54, 1.807) is 12.1 Å². The molecule has 1 N–H and O–H groups in total. The maximum Gasteiger partial charge on any atom is 0.130 e. The van der Waals surface area contributed by atoms with Crippen LogP contribution in [0.3, 0.4) is 0 Å². The molecule has 94 valence electrons. The van der Waals surface area contributed by atoms with E-state index in [1.807, 2.05) is 32.0 Å². The Hall–Kier alpha value is -1.19. The molecule has 0 heterocycles. The normalized spacial score (nSPS) is 12.5. The maximum atomic E-state index is 13.8. The molecule has 0 fully saturated rings. The van der Waals surface area contributed by atoms with Crippen molar-refractivity contribution >= 4 is 15.9 Å². The molecule has 0 aliphatic carbocycles. The molecule has 3 heteroatoms. The summed E-state index contributed by atoms with van der Waals surface area (Å²) in [6.07, 6.45) is -0.932. The predicted octanol–water partition coefficient (Wildman–Crippen LogP) is 4.29. The number of halogens is 2. The second kappa shape index (κ2) is 5.21. The topological polar surface area (TPSA) is 20.2 Å². The van der Waals surface area contributed by atoms with Crippen LogP contribution < -0.4 is 0 Å². The van der Waals surface area contributed by atoms with E-state index in [2.05, 4.69) is 15.9 Å². The summed E-state index contributed by atoms with van der Waals surface area (Å²) in [6.45, 7) is 3.86. The summed E-state index contributed by atoms with van der Waals surface area (Å²) < 4.78 is 14.5. The average Bonchev–Trinajstić information content (AvgIpc) is 2.31. The Kier molecular flexibility index (Phi) is 3.83. The second-order valence-electron chi connectivity index (χ2n) is 4.43. The van der Waals surface area contributed by atoms with Crippen molar-refractivity contribution in [3.05, 3.63) is 68.9 Å². The maximum absolute atomic E-state index is 13.8. The Morgan fingerprint density at radius 1 is 1.06 bits per heavy atom. The first-order valence-electron chi connectivity index (χ1n) is 5.69. The smallest absolute Gasteiger partial charge is 0.130 e. The van der Waals surface area contributed by atoms with Gasteiger partial charge in [-0.2, -0.15) is 0 Å². The highest BCUT2D eigenvalue weighted by molar-refractivity contribution is 9.10. The Balaban J connectivity index is 2.47. The van der Waals surface area contributed by atoms with Crippen molar-refractivity contribution < 1.29 is 9.50 Å². The van der Waals surface area contributed by atoms with E-state index in [-0.39, 0.29) is 0 Å². The van der Waals surface area contributed by atoms with Gasteiger partial charge in [0.2, 0.25) is 0 Å². The Morgan fingerprint density at radius 2 is 1.78 bits per heavy atom. The molecule has 0 aliphatic heterocycles. The molecule has 2 aromatic carbocycles. The largest absolute Gasteiger partial charge is 0.384 e. The van der Waals surface area contributed by atoms with Crippen molar-refractivity contribution in [3.8, 4) is 0 Å². The van der Waals surface area contributed by atoms with E-state index in [0.29, 0.717) is 10.0 Å². The molecular formula is C15H14BrFO. The van der Waals surface area contributed by atoms with Gasteiger partial charge in [-0.15, -0.1) is 0 Å². The van der Waals surface area contributed by atoms with Gasteiger partial charge >= 0.3 is 0 Å². The summed E-state index contributed by atoms with van der Waals surface area (Å²) in [5.41, 5.74) is 3.05. The van der Waals surface area contributed by atoms with Gasteiger partial charge < -0.3 is 5.11 Å². The zero-order chi connectivity index (χ0) is 13.3. The highest BCUT2D eigenvalue weighted by Gasteiger charge is 2.17. The molecule has 1 atom stereocenters. The standard InChI is InChI=1S/C15H14BrFO/c1-9-3-4-10(2)13(7-9)15(18)12-6-5-11(16)8-14(12)17/h3-8,15,18H,1-2H3. The summed E-state index contributed by atoms with van der Waals surface area (Å²) in [6, 6.07) is 10.5. The summed E-state index contributed by atoms with van der Waals surface area (Å²) in [7, 11) is 0. The minimum atomic E-state index is -0.932. The first-order valence-corrected chi connectivity index (χ1v) is 6.48. The number of hydrogen-bond donors (Lipinski definition) is 1. The zero-order valence-electron chi connectivity index (χ0n) is 10.2. The van der Waals surface area contributed by atoms with Crippen LogP contribution in [0.1, 0.15) is 28.4 Å². The van der Waals surface area contributed by atoms with Gasteiger partial charge in [-0.25, -0.2) is 4.39 Å². The molecule has 0 bridgehead atoms. The van der Waals surface area contributed by atoms with E-state index in [4.69, 9.17) is 0 Å². The van der Waals surface area contributed by atoms with Gasteiger partial charge in [0.1, 0.15) is 11.9 Å². The van der Waals surface area contributed by atoms with Crippen molar-refractivity contribution in [2.75, 3.05) is 0 Å². The molecule has 0 aliphatic rings. The van der Waals surface area contributed by atoms with Crippen molar-refractivity contribution in [1.82, 2.24) is 0 Å². The van der Waals surface area contributed by atoms with E-state index in [0.717, 1.165) is 16.7 Å². The molecule has 1 nitrogen and oxygen atoms in total. The quantitative estimate of drug-likeness (QED) is 0.877. The highest BCUT2D eigenvalue weighted by Crippen LogP contribution is 2.28. The van der Waals surface area contributed by atoms with Crippen LogP contribution in [0.5, 0.6) is 0 Å². The SMILES string of the molecule is Cc1ccc(C)c(C(O)c2ccc(Br)cc2F)c1. The molecule has 2 aromatic rings. The Bertz CT molecular complexity index is 581. The summed E-state index contributed by atoms with van der Waals surface area (Å²) in [5, 5.41) is 10.3. The van der Waals surface area contributed by atoms with Gasteiger partial charge in [0, 0.05) is 10.0 Å². The molecule has 0 saturated carbocycles. The van der Waals surface area contributed by atoms with Gasteiger partial charge in [0.15, 0.2) is 0 Å². The number of hydrogen-bond acceptors (Lipinski definition) is 1. The van der Waals surface area contributed by atoms with E-state index in [9.17, 15) is 9.50 Å². The summed E-state index contributed by atoms with van der Waals surface area (Å²) >= 11 is 3.21. The molecule has 0 aromatic heterocycles. The molecule has 0 spiro atoms. The lowest BCUT2D eigenvalue weighted by atomic mass is 9.95. The lowest BCUT2D eigenvalue weighted by molar-refractivity contribution is 0.214. The highest BCUT2D eigenvalue weighted by atomic mass is 79.9. The van der Waals surface area contributed by atoms with Crippen LogP contribution in [-0.2, 0) is 0 Å². The zero-order valence-corrected chi connectivity index (χ0v) is 11.8. The molecule has 0 saturated heterocycles. The molecule has 0 radical (unpaired) electrons. The van der Waals surface area contributed by atoms with Crippen LogP contribution in [0.25, 0.3) is 0 Å². The van der Waals surface area contributed by atoms with Gasteiger partial charge in [0.05, 0.1) is 0 Å². The van der Waals surface area contributed by atoms with Crippen LogP contribution in [0.4, 0.5) is 4.39 Å². The fourth-order valence-corrected chi connectivity index (χ4v) is 2.28. The molecule has 18 heavy (non-hydrogen) atoms. The van der Waals surface area contributed by atoms with Crippen molar-refractivity contribution in [1.29, 1.82) is 0 Å². The second-order valence-corrected chi connectivity index (χ2v) is 5.34. The van der Waals surface area contributed by atoms with Gasteiger partial charge in [-0.1, -0.05) is 45.8 Å². The van der Waals surface area contributed by atoms with E-state index >= 15 is 0 Å². The lowest BCUT2D eigenvalue weighted by Gasteiger charge is -2.15. The van der Waals surface area contributed by atoms with Gasteiger partial charge in [0.25, 0.3) is 0 Å². The predicted molar refractivity (Wildman–Crippen MR) is 74.1 cm³/mol. The summed E-state index contributed by atoms with van der Waals surface area (Å²) in [4.78, 5) is 0. The minimum Gasteiger partial charge on any atom is -0.384 e. The first-order chi connectivity index (χ1) is 8.49. The monoisotopic (exact) mass is 308 g/mol. The minimum absolute atomic E-state index is 0.298. The summed E-state index contributed by atoms with van der Waals surface area (Å²) in [5.74, 6) is -0.405. The fourth-order valence-electron chi connectivity index (χ4n) is 1.95. The number of rotatable bonds is 2. The van der Waals surface area contributed by atoms with Crippen LogP contribution in [0, 0.1) is 19.7 Å². The third-order valence-corrected chi connectivity index (χ3v) is 3.48. The first kappa shape index (κ1) is 13.2.